The highest BCUT2D eigenvalue weighted by molar-refractivity contribution is 8.20. The topological polar surface area (TPSA) is 0 Å². The molecule has 0 aromatic rings. The fraction of sp³-hybridized carbons (Fsp3) is 1.00. The Morgan fingerprint density at radius 3 is 1.50 bits per heavy atom. The lowest BCUT2D eigenvalue weighted by molar-refractivity contribution is 0.735. The number of thiol groups is 5. The molecule has 0 heterocycles. The average molecular weight is 232 g/mol. The average Bonchev–Trinajstić information content (AvgIpc) is 1.61. The van der Waals surface area contributed by atoms with Gasteiger partial charge in [-0.3, -0.25) is 0 Å². The van der Waals surface area contributed by atoms with E-state index in [4.69, 9.17) is 0 Å². The molecule has 0 aliphatic heterocycles. The molecule has 0 amide bonds. The fourth-order valence-corrected chi connectivity index (χ4v) is 1.30. The van der Waals surface area contributed by atoms with Crippen molar-refractivity contribution in [2.45, 2.75) is 27.3 Å². The van der Waals surface area contributed by atoms with E-state index in [-0.39, 0.29) is 0 Å². The molecule has 0 aromatic carbocycles. The van der Waals surface area contributed by atoms with Crippen LogP contribution in [0, 0.1) is 0 Å². The van der Waals surface area contributed by atoms with Gasteiger partial charge in [-0.1, -0.05) is 13.3 Å². The van der Waals surface area contributed by atoms with Crippen LogP contribution in [-0.4, -0.2) is 7.49 Å². The van der Waals surface area contributed by atoms with Gasteiger partial charge in [0.05, 0.1) is 4.08 Å². The molecular weight excluding hydrogens is 220 g/mol. The summed E-state index contributed by atoms with van der Waals surface area (Å²) in [7, 11) is 0. The molecule has 0 unspecified atom stereocenters. The van der Waals surface area contributed by atoms with Crippen molar-refractivity contribution in [3.8, 4) is 0 Å². The van der Waals surface area contributed by atoms with Crippen LogP contribution in [-0.2, 0) is 0 Å². The molecule has 5 heteroatoms. The molecule has 0 N–H and O–H groups in total. The summed E-state index contributed by atoms with van der Waals surface area (Å²) in [5.41, 5.74) is 0. The zero-order valence-electron chi connectivity index (χ0n) is 5.65. The second-order valence-corrected chi connectivity index (χ2v) is 7.15. The van der Waals surface area contributed by atoms with Crippen LogP contribution in [0.4, 0.5) is 0 Å². The zero-order chi connectivity index (χ0) is 8.41. The Morgan fingerprint density at radius 2 is 1.40 bits per heavy atom. The molecule has 10 heavy (non-hydrogen) atoms. The lowest BCUT2D eigenvalue weighted by Crippen LogP contribution is -2.31. The largest absolute Gasteiger partial charge is 0.159 e. The molecule has 0 atom stereocenters. The van der Waals surface area contributed by atoms with Gasteiger partial charge in [0.2, 0.25) is 0 Å². The van der Waals surface area contributed by atoms with Gasteiger partial charge >= 0.3 is 0 Å². The first kappa shape index (κ1) is 11.8. The van der Waals surface area contributed by atoms with E-state index in [0.29, 0.717) is 0 Å². The van der Waals surface area contributed by atoms with Gasteiger partial charge < -0.3 is 0 Å². The van der Waals surface area contributed by atoms with Gasteiger partial charge in [0.15, 0.2) is 0 Å². The van der Waals surface area contributed by atoms with E-state index in [1.54, 1.807) is 0 Å². The van der Waals surface area contributed by atoms with Gasteiger partial charge in [-0.2, -0.15) is 25.3 Å². The first-order valence-electron chi connectivity index (χ1n) is 2.93. The summed E-state index contributed by atoms with van der Waals surface area (Å²) in [5, 5.41) is 0. The lowest BCUT2D eigenvalue weighted by Gasteiger charge is -2.33. The van der Waals surface area contributed by atoms with E-state index in [1.807, 2.05) is 0 Å². The standard InChI is InChI=1S/C5H12S5/c1-2-3-4(6,7)5(8,9)10/h6-10H,2-3H2,1H3. The molecule has 0 fully saturated rings. The Balaban J connectivity index is 4.10. The van der Waals surface area contributed by atoms with E-state index in [9.17, 15) is 0 Å². The van der Waals surface area contributed by atoms with Gasteiger partial charge in [0.25, 0.3) is 0 Å². The van der Waals surface area contributed by atoms with Gasteiger partial charge in [0.1, 0.15) is 3.41 Å². The van der Waals surface area contributed by atoms with Crippen molar-refractivity contribution in [1.29, 1.82) is 0 Å². The summed E-state index contributed by atoms with van der Waals surface area (Å²) in [6.45, 7) is 2.06. The van der Waals surface area contributed by atoms with Crippen LogP contribution in [0.15, 0.2) is 0 Å². The van der Waals surface area contributed by atoms with E-state index < -0.39 is 7.49 Å². The highest BCUT2D eigenvalue weighted by Gasteiger charge is 2.37. The van der Waals surface area contributed by atoms with Crippen molar-refractivity contribution in [2.75, 3.05) is 0 Å². The van der Waals surface area contributed by atoms with Crippen LogP contribution in [0.25, 0.3) is 0 Å². The molecule has 0 saturated heterocycles. The third-order valence-corrected chi connectivity index (χ3v) is 4.46. The molecule has 0 aromatic heterocycles. The Hall–Kier alpha value is 1.75. The second kappa shape index (κ2) is 4.12. The van der Waals surface area contributed by atoms with Crippen LogP contribution >= 0.6 is 63.1 Å². The molecule has 0 aliphatic rings. The molecule has 0 radical (unpaired) electrons. The minimum absolute atomic E-state index is 0.531. The molecule has 0 saturated carbocycles. The van der Waals surface area contributed by atoms with E-state index in [1.165, 1.54) is 0 Å². The molecular formula is C5H12S5. The third kappa shape index (κ3) is 3.43. The van der Waals surface area contributed by atoms with Crippen LogP contribution in [0.3, 0.4) is 0 Å². The molecule has 62 valence electrons. The quantitative estimate of drug-likeness (QED) is 0.359. The second-order valence-electron chi connectivity index (χ2n) is 2.20. The van der Waals surface area contributed by atoms with Crippen molar-refractivity contribution in [3.63, 3.8) is 0 Å². The van der Waals surface area contributed by atoms with E-state index in [2.05, 4.69) is 70.1 Å². The van der Waals surface area contributed by atoms with Crippen molar-refractivity contribution in [1.82, 2.24) is 0 Å². The Bertz CT molecular complexity index is 103. The Morgan fingerprint density at radius 1 is 1.00 bits per heavy atom. The highest BCUT2D eigenvalue weighted by Crippen LogP contribution is 2.46. The predicted octanol–water partition coefficient (Wildman–Crippen LogP) is 2.79. The molecule has 0 bridgehead atoms. The maximum Gasteiger partial charge on any atom is 0.122 e. The van der Waals surface area contributed by atoms with Crippen LogP contribution in [0.5, 0.6) is 0 Å². The summed E-state index contributed by atoms with van der Waals surface area (Å²) >= 11 is 21.0. The number of rotatable bonds is 3. The third-order valence-electron chi connectivity index (χ3n) is 1.14. The monoisotopic (exact) mass is 232 g/mol. The maximum atomic E-state index is 4.28. The van der Waals surface area contributed by atoms with Crippen molar-refractivity contribution in [3.05, 3.63) is 0 Å². The summed E-state index contributed by atoms with van der Waals surface area (Å²) in [6, 6.07) is 0. The smallest absolute Gasteiger partial charge is 0.122 e. The van der Waals surface area contributed by atoms with Crippen molar-refractivity contribution >= 4 is 63.1 Å². The van der Waals surface area contributed by atoms with Gasteiger partial charge in [0, 0.05) is 0 Å². The summed E-state index contributed by atoms with van der Waals surface area (Å²) in [5.74, 6) is 0. The maximum absolute atomic E-state index is 4.28. The predicted molar refractivity (Wildman–Crippen MR) is 65.3 cm³/mol. The Labute approximate surface area is 90.0 Å². The van der Waals surface area contributed by atoms with Gasteiger partial charge in [-0.25, -0.2) is 0 Å². The molecule has 0 aliphatic carbocycles. The SMILES string of the molecule is CCCC(S)(S)C(S)(S)S. The van der Waals surface area contributed by atoms with Crippen molar-refractivity contribution < 1.29 is 0 Å². The number of hydrogen-bond acceptors (Lipinski definition) is 5. The van der Waals surface area contributed by atoms with Crippen molar-refractivity contribution in [2.24, 2.45) is 0 Å². The minimum Gasteiger partial charge on any atom is -0.159 e. The zero-order valence-corrected chi connectivity index (χ0v) is 10.1. The van der Waals surface area contributed by atoms with Gasteiger partial charge in [-0.15, -0.1) is 37.9 Å². The molecule has 0 rings (SSSR count). The van der Waals surface area contributed by atoms with E-state index >= 15 is 0 Å². The van der Waals surface area contributed by atoms with Crippen LogP contribution in [0.1, 0.15) is 19.8 Å². The van der Waals surface area contributed by atoms with Crippen LogP contribution < -0.4 is 0 Å². The number of hydrogen-bond donors (Lipinski definition) is 5. The Kier molecular flexibility index (Phi) is 4.84. The first-order chi connectivity index (χ1) is 4.31. The summed E-state index contributed by atoms with van der Waals surface area (Å²) in [6.07, 6.45) is 1.83. The first-order valence-corrected chi connectivity index (χ1v) is 5.16. The highest BCUT2D eigenvalue weighted by atomic mass is 32.2. The summed E-state index contributed by atoms with van der Waals surface area (Å²) in [4.78, 5) is 0. The molecule has 0 spiro atoms. The summed E-state index contributed by atoms with van der Waals surface area (Å²) < 4.78 is -1.27. The van der Waals surface area contributed by atoms with Crippen LogP contribution in [0.2, 0.25) is 0 Å². The van der Waals surface area contributed by atoms with Gasteiger partial charge in [-0.05, 0) is 6.42 Å². The normalized spacial score (nSPS) is 13.8. The lowest BCUT2D eigenvalue weighted by atomic mass is 10.2. The molecule has 0 nitrogen and oxygen atoms in total. The minimum atomic E-state index is -0.741. The van der Waals surface area contributed by atoms with E-state index in [0.717, 1.165) is 12.8 Å². The fourth-order valence-electron chi connectivity index (χ4n) is 0.516.